The number of nitrogens with zero attached hydrogens (tertiary/aromatic N) is 1. The SMILES string of the molecule is CCCOC1CCCN(S(=O)(=O)c2ccc(=O)[nH]c2)C1. The molecule has 0 bridgehead atoms. The van der Waals surface area contributed by atoms with E-state index in [1.54, 1.807) is 0 Å². The number of nitrogens with one attached hydrogen (secondary N) is 1. The zero-order valence-corrected chi connectivity index (χ0v) is 12.4. The molecule has 2 rings (SSSR count). The van der Waals surface area contributed by atoms with Gasteiger partial charge in [-0.3, -0.25) is 4.79 Å². The lowest BCUT2D eigenvalue weighted by atomic mass is 10.1. The number of hydrogen-bond acceptors (Lipinski definition) is 4. The van der Waals surface area contributed by atoms with Crippen LogP contribution in [-0.2, 0) is 14.8 Å². The van der Waals surface area contributed by atoms with Gasteiger partial charge in [0.25, 0.3) is 0 Å². The quantitative estimate of drug-likeness (QED) is 0.878. The van der Waals surface area contributed by atoms with E-state index in [4.69, 9.17) is 4.74 Å². The van der Waals surface area contributed by atoms with Crippen LogP contribution in [0.25, 0.3) is 0 Å². The number of piperidine rings is 1. The summed E-state index contributed by atoms with van der Waals surface area (Å²) in [5, 5.41) is 0. The lowest BCUT2D eigenvalue weighted by Crippen LogP contribution is -2.43. The highest BCUT2D eigenvalue weighted by atomic mass is 32.2. The van der Waals surface area contributed by atoms with E-state index in [1.807, 2.05) is 6.92 Å². The van der Waals surface area contributed by atoms with E-state index in [2.05, 4.69) is 4.98 Å². The van der Waals surface area contributed by atoms with Crippen LogP contribution in [0.4, 0.5) is 0 Å². The van der Waals surface area contributed by atoms with Gasteiger partial charge in [-0.1, -0.05) is 6.92 Å². The second-order valence-electron chi connectivity index (χ2n) is 4.89. The largest absolute Gasteiger partial charge is 0.377 e. The number of rotatable bonds is 5. The first-order valence-electron chi connectivity index (χ1n) is 6.84. The van der Waals surface area contributed by atoms with Gasteiger partial charge in [0, 0.05) is 32.0 Å². The van der Waals surface area contributed by atoms with Crippen LogP contribution in [0.2, 0.25) is 0 Å². The summed E-state index contributed by atoms with van der Waals surface area (Å²) in [6.07, 6.45) is 3.80. The standard InChI is InChI=1S/C13H20N2O4S/c1-2-8-19-11-4-3-7-15(10-11)20(17,18)12-5-6-13(16)14-9-12/h5-6,9,11H,2-4,7-8,10H2,1H3,(H,14,16). The maximum absolute atomic E-state index is 12.5. The third-order valence-electron chi connectivity index (χ3n) is 3.29. The minimum Gasteiger partial charge on any atom is -0.377 e. The molecule has 1 aromatic rings. The topological polar surface area (TPSA) is 79.5 Å². The molecule has 112 valence electrons. The summed E-state index contributed by atoms with van der Waals surface area (Å²) in [5.41, 5.74) is -0.313. The Morgan fingerprint density at radius 1 is 1.45 bits per heavy atom. The van der Waals surface area contributed by atoms with E-state index in [0.29, 0.717) is 19.7 Å². The molecule has 1 aromatic heterocycles. The highest BCUT2D eigenvalue weighted by molar-refractivity contribution is 7.89. The maximum Gasteiger partial charge on any atom is 0.247 e. The van der Waals surface area contributed by atoms with Gasteiger partial charge in [0.05, 0.1) is 11.0 Å². The van der Waals surface area contributed by atoms with Crippen LogP contribution >= 0.6 is 0 Å². The number of pyridine rings is 1. The van der Waals surface area contributed by atoms with Gasteiger partial charge in [-0.2, -0.15) is 4.31 Å². The molecule has 1 N–H and O–H groups in total. The molecule has 1 fully saturated rings. The summed E-state index contributed by atoms with van der Waals surface area (Å²) >= 11 is 0. The molecule has 0 aliphatic carbocycles. The van der Waals surface area contributed by atoms with Gasteiger partial charge >= 0.3 is 0 Å². The van der Waals surface area contributed by atoms with Gasteiger partial charge in [0.1, 0.15) is 0 Å². The Bertz CT molecular complexity index is 576. The van der Waals surface area contributed by atoms with Crippen molar-refractivity contribution >= 4 is 10.0 Å². The predicted molar refractivity (Wildman–Crippen MR) is 75.1 cm³/mol. The second kappa shape index (κ2) is 6.51. The molecule has 0 radical (unpaired) electrons. The lowest BCUT2D eigenvalue weighted by molar-refractivity contribution is 0.0193. The smallest absolute Gasteiger partial charge is 0.247 e. The number of ether oxygens (including phenoxy) is 1. The highest BCUT2D eigenvalue weighted by Crippen LogP contribution is 2.21. The minimum absolute atomic E-state index is 0.0405. The number of H-pyrrole nitrogens is 1. The van der Waals surface area contributed by atoms with E-state index >= 15 is 0 Å². The van der Waals surface area contributed by atoms with Gasteiger partial charge < -0.3 is 9.72 Å². The van der Waals surface area contributed by atoms with Gasteiger partial charge in [0.15, 0.2) is 0 Å². The van der Waals surface area contributed by atoms with E-state index in [9.17, 15) is 13.2 Å². The van der Waals surface area contributed by atoms with E-state index in [-0.39, 0.29) is 16.6 Å². The monoisotopic (exact) mass is 300 g/mol. The molecule has 6 nitrogen and oxygen atoms in total. The zero-order chi connectivity index (χ0) is 14.6. The molecule has 0 aromatic carbocycles. The number of aromatic amines is 1. The van der Waals surface area contributed by atoms with E-state index in [1.165, 1.54) is 22.6 Å². The molecular weight excluding hydrogens is 280 g/mol. The minimum atomic E-state index is -3.55. The Morgan fingerprint density at radius 2 is 2.25 bits per heavy atom. The van der Waals surface area contributed by atoms with Gasteiger partial charge in [-0.05, 0) is 25.3 Å². The summed E-state index contributed by atoms with van der Waals surface area (Å²) in [4.78, 5) is 13.5. The fraction of sp³-hybridized carbons (Fsp3) is 0.615. The van der Waals surface area contributed by atoms with Gasteiger partial charge in [-0.25, -0.2) is 8.42 Å². The van der Waals surface area contributed by atoms with Crippen molar-refractivity contribution in [2.45, 2.75) is 37.2 Å². The number of hydrogen-bond donors (Lipinski definition) is 1. The molecule has 7 heteroatoms. The van der Waals surface area contributed by atoms with Crippen LogP contribution < -0.4 is 5.56 Å². The summed E-state index contributed by atoms with van der Waals surface area (Å²) in [5.74, 6) is 0. The summed E-state index contributed by atoms with van der Waals surface area (Å²) < 4.78 is 32.0. The highest BCUT2D eigenvalue weighted by Gasteiger charge is 2.30. The average molecular weight is 300 g/mol. The van der Waals surface area contributed by atoms with Crippen molar-refractivity contribution in [1.82, 2.24) is 9.29 Å². The summed E-state index contributed by atoms with van der Waals surface area (Å²) in [6, 6.07) is 2.56. The Balaban J connectivity index is 2.12. The van der Waals surface area contributed by atoms with Crippen LogP contribution in [0, 0.1) is 0 Å². The Labute approximate surface area is 118 Å². The number of sulfonamides is 1. The molecule has 2 heterocycles. The molecule has 1 aliphatic heterocycles. The van der Waals surface area contributed by atoms with Crippen LogP contribution in [-0.4, -0.2) is 43.5 Å². The summed E-state index contributed by atoms with van der Waals surface area (Å²) in [6.45, 7) is 3.55. The van der Waals surface area contributed by atoms with E-state index < -0.39 is 10.0 Å². The maximum atomic E-state index is 12.5. The molecule has 1 atom stereocenters. The molecule has 20 heavy (non-hydrogen) atoms. The Morgan fingerprint density at radius 3 is 2.90 bits per heavy atom. The van der Waals surface area contributed by atoms with Crippen LogP contribution in [0.5, 0.6) is 0 Å². The van der Waals surface area contributed by atoms with Crippen LogP contribution in [0.1, 0.15) is 26.2 Å². The third kappa shape index (κ3) is 3.47. The average Bonchev–Trinajstić information content (AvgIpc) is 2.46. The predicted octanol–water partition coefficient (Wildman–Crippen LogP) is 0.955. The van der Waals surface area contributed by atoms with Crippen molar-refractivity contribution in [3.63, 3.8) is 0 Å². The van der Waals surface area contributed by atoms with Crippen molar-refractivity contribution in [1.29, 1.82) is 0 Å². The molecule has 0 saturated carbocycles. The molecule has 1 unspecified atom stereocenters. The van der Waals surface area contributed by atoms with Crippen molar-refractivity contribution in [2.75, 3.05) is 19.7 Å². The van der Waals surface area contributed by atoms with Gasteiger partial charge in [0.2, 0.25) is 15.6 Å². The fourth-order valence-electron chi connectivity index (χ4n) is 2.25. The molecule has 0 amide bonds. The van der Waals surface area contributed by atoms with Crippen LogP contribution in [0.3, 0.4) is 0 Å². The Kier molecular flexibility index (Phi) is 4.95. The van der Waals surface area contributed by atoms with E-state index in [0.717, 1.165) is 19.3 Å². The lowest BCUT2D eigenvalue weighted by Gasteiger charge is -2.31. The van der Waals surface area contributed by atoms with Gasteiger partial charge in [-0.15, -0.1) is 0 Å². The first kappa shape index (κ1) is 15.2. The normalized spacial score (nSPS) is 20.9. The summed E-state index contributed by atoms with van der Waals surface area (Å²) in [7, 11) is -3.55. The molecule has 1 aliphatic rings. The van der Waals surface area contributed by atoms with Crippen LogP contribution in [0.15, 0.2) is 28.0 Å². The third-order valence-corrected chi connectivity index (χ3v) is 5.15. The van der Waals surface area contributed by atoms with Crippen molar-refractivity contribution < 1.29 is 13.2 Å². The first-order chi connectivity index (χ1) is 9.54. The van der Waals surface area contributed by atoms with Crippen molar-refractivity contribution in [2.24, 2.45) is 0 Å². The number of aromatic nitrogens is 1. The molecule has 0 spiro atoms. The van der Waals surface area contributed by atoms with Crippen molar-refractivity contribution in [3.8, 4) is 0 Å². The zero-order valence-electron chi connectivity index (χ0n) is 11.5. The molecular formula is C13H20N2O4S. The fourth-order valence-corrected chi connectivity index (χ4v) is 3.73. The van der Waals surface area contributed by atoms with Crippen molar-refractivity contribution in [3.05, 3.63) is 28.7 Å². The first-order valence-corrected chi connectivity index (χ1v) is 8.28. The molecule has 1 saturated heterocycles. The Hall–Kier alpha value is -1.18. The second-order valence-corrected chi connectivity index (χ2v) is 6.82.